The van der Waals surface area contributed by atoms with E-state index in [0.717, 1.165) is 5.39 Å². The zero-order chi connectivity index (χ0) is 22.9. The maximum Gasteiger partial charge on any atom is 0.293 e. The minimum absolute atomic E-state index is 0.000374. The summed E-state index contributed by atoms with van der Waals surface area (Å²) in [5, 5.41) is 8.08. The van der Waals surface area contributed by atoms with Gasteiger partial charge in [0.1, 0.15) is 16.9 Å². The molecule has 0 unspecified atom stereocenters. The molecule has 0 aliphatic heterocycles. The second-order valence-electron chi connectivity index (χ2n) is 7.39. The maximum absolute atomic E-state index is 13.0. The number of anilines is 2. The zero-order valence-electron chi connectivity index (χ0n) is 17.0. The fraction of sp³-hybridized carbons (Fsp3) is 0.0400. The molecule has 0 bridgehead atoms. The van der Waals surface area contributed by atoms with Crippen molar-refractivity contribution in [3.63, 3.8) is 0 Å². The van der Waals surface area contributed by atoms with Gasteiger partial charge in [0.05, 0.1) is 12.7 Å². The summed E-state index contributed by atoms with van der Waals surface area (Å²) in [6, 6.07) is 19.0. The molecule has 2 amide bonds. The smallest absolute Gasteiger partial charge is 0.293 e. The van der Waals surface area contributed by atoms with E-state index in [9.17, 15) is 9.59 Å². The fourth-order valence-electron chi connectivity index (χ4n) is 3.60. The summed E-state index contributed by atoms with van der Waals surface area (Å²) < 4.78 is 11.3. The number of furan rings is 2. The van der Waals surface area contributed by atoms with E-state index in [2.05, 4.69) is 10.6 Å². The number of hydrogen-bond donors (Lipinski definition) is 2. The van der Waals surface area contributed by atoms with E-state index >= 15 is 0 Å². The van der Waals surface area contributed by atoms with Gasteiger partial charge in [0.25, 0.3) is 5.91 Å². The Morgan fingerprint density at radius 3 is 2.39 bits per heavy atom. The predicted molar refractivity (Wildman–Crippen MR) is 129 cm³/mol. The summed E-state index contributed by atoms with van der Waals surface area (Å²) in [7, 11) is 0. The highest BCUT2D eigenvalue weighted by Crippen LogP contribution is 2.32. The molecule has 6 nitrogen and oxygen atoms in total. The zero-order valence-corrected chi connectivity index (χ0v) is 18.5. The van der Waals surface area contributed by atoms with Crippen molar-refractivity contribution in [2.45, 2.75) is 6.42 Å². The van der Waals surface area contributed by atoms with Crippen molar-refractivity contribution in [1.29, 1.82) is 0 Å². The fourth-order valence-corrected chi connectivity index (χ4v) is 3.90. The highest BCUT2D eigenvalue weighted by atomic mass is 35.5. The lowest BCUT2D eigenvalue weighted by atomic mass is 10.1. The largest absolute Gasteiger partial charge is 0.464 e. The van der Waals surface area contributed by atoms with Crippen LogP contribution in [0.4, 0.5) is 11.4 Å². The lowest BCUT2D eigenvalue weighted by Gasteiger charge is -2.07. The average molecular weight is 479 g/mol. The number of hydrogen-bond acceptors (Lipinski definition) is 4. The van der Waals surface area contributed by atoms with Gasteiger partial charge in [-0.3, -0.25) is 9.59 Å². The van der Waals surface area contributed by atoms with Crippen molar-refractivity contribution < 1.29 is 18.4 Å². The molecule has 0 radical (unpaired) electrons. The molecule has 3 aromatic carbocycles. The molecule has 2 N–H and O–H groups in total. The van der Waals surface area contributed by atoms with Gasteiger partial charge >= 0.3 is 0 Å². The molecule has 2 aromatic heterocycles. The van der Waals surface area contributed by atoms with E-state index in [-0.39, 0.29) is 18.1 Å². The Morgan fingerprint density at radius 1 is 0.818 bits per heavy atom. The standard InChI is InChI=1S/C25H16Cl2N2O4/c26-15-5-8-17(9-6-15)28-25(31)24-23(18-3-1-2-4-21(18)33-24)29-22(30)11-14-13-32-20-10-7-16(27)12-19(14)20/h1-10,12-13H,11H2,(H,28,31)(H,29,30). The van der Waals surface area contributed by atoms with Gasteiger partial charge in [0, 0.05) is 32.1 Å². The van der Waals surface area contributed by atoms with Crippen molar-refractivity contribution in [2.75, 3.05) is 10.6 Å². The number of para-hydroxylation sites is 1. The van der Waals surface area contributed by atoms with Gasteiger partial charge in [0.2, 0.25) is 11.7 Å². The van der Waals surface area contributed by atoms with Crippen molar-refractivity contribution >= 4 is 68.3 Å². The van der Waals surface area contributed by atoms with E-state index in [1.54, 1.807) is 66.7 Å². The number of carbonyl (C=O) groups is 2. The van der Waals surface area contributed by atoms with E-state index < -0.39 is 5.91 Å². The minimum Gasteiger partial charge on any atom is -0.464 e. The van der Waals surface area contributed by atoms with Crippen LogP contribution in [-0.2, 0) is 11.2 Å². The Bertz CT molecular complexity index is 1500. The van der Waals surface area contributed by atoms with Crippen LogP contribution in [0.25, 0.3) is 21.9 Å². The predicted octanol–water partition coefficient (Wildman–Crippen LogP) is 6.92. The van der Waals surface area contributed by atoms with Crippen LogP contribution in [0.15, 0.2) is 81.8 Å². The lowest BCUT2D eigenvalue weighted by molar-refractivity contribution is -0.115. The molecule has 2 heterocycles. The van der Waals surface area contributed by atoms with E-state index in [4.69, 9.17) is 32.0 Å². The Hall–Kier alpha value is -3.74. The Morgan fingerprint density at radius 2 is 1.58 bits per heavy atom. The Labute approximate surface area is 198 Å². The van der Waals surface area contributed by atoms with Crippen LogP contribution in [0.3, 0.4) is 0 Å². The molecule has 0 aliphatic rings. The number of benzene rings is 3. The van der Waals surface area contributed by atoms with Crippen LogP contribution in [-0.4, -0.2) is 11.8 Å². The molecule has 0 atom stereocenters. The first kappa shape index (κ1) is 21.1. The van der Waals surface area contributed by atoms with Crippen LogP contribution in [0.5, 0.6) is 0 Å². The molecule has 0 saturated carbocycles. The van der Waals surface area contributed by atoms with Crippen molar-refractivity contribution in [1.82, 2.24) is 0 Å². The van der Waals surface area contributed by atoms with E-state index in [1.165, 1.54) is 6.26 Å². The van der Waals surface area contributed by atoms with Crippen molar-refractivity contribution in [2.24, 2.45) is 0 Å². The van der Waals surface area contributed by atoms with Gasteiger partial charge in [-0.2, -0.15) is 0 Å². The van der Waals surface area contributed by atoms with Crippen LogP contribution in [0, 0.1) is 0 Å². The molecule has 5 aromatic rings. The first-order valence-electron chi connectivity index (χ1n) is 10.0. The van der Waals surface area contributed by atoms with Crippen LogP contribution < -0.4 is 10.6 Å². The molecule has 8 heteroatoms. The third kappa shape index (κ3) is 4.31. The van der Waals surface area contributed by atoms with Crippen LogP contribution in [0.1, 0.15) is 16.1 Å². The van der Waals surface area contributed by atoms with E-state index in [1.807, 2.05) is 0 Å². The number of carbonyl (C=O) groups excluding carboxylic acids is 2. The number of halogens is 2. The van der Waals surface area contributed by atoms with Crippen LogP contribution >= 0.6 is 23.2 Å². The molecule has 0 saturated heterocycles. The maximum atomic E-state index is 13.0. The molecule has 0 spiro atoms. The molecule has 0 aliphatic carbocycles. The summed E-state index contributed by atoms with van der Waals surface area (Å²) in [5.41, 5.74) is 2.65. The van der Waals surface area contributed by atoms with Crippen LogP contribution in [0.2, 0.25) is 10.0 Å². The van der Waals surface area contributed by atoms with Gasteiger partial charge in [0.15, 0.2) is 0 Å². The summed E-state index contributed by atoms with van der Waals surface area (Å²) in [6.07, 6.45) is 1.56. The van der Waals surface area contributed by atoms with Gasteiger partial charge in [-0.15, -0.1) is 0 Å². The third-order valence-corrected chi connectivity index (χ3v) is 5.62. The molecule has 33 heavy (non-hydrogen) atoms. The van der Waals surface area contributed by atoms with Gasteiger partial charge < -0.3 is 19.5 Å². The van der Waals surface area contributed by atoms with Gasteiger partial charge in [-0.1, -0.05) is 35.3 Å². The topological polar surface area (TPSA) is 84.5 Å². The number of nitrogens with one attached hydrogen (secondary N) is 2. The summed E-state index contributed by atoms with van der Waals surface area (Å²) in [6.45, 7) is 0. The molecular weight excluding hydrogens is 463 g/mol. The lowest BCUT2D eigenvalue weighted by Crippen LogP contribution is -2.18. The molecule has 164 valence electrons. The second-order valence-corrected chi connectivity index (χ2v) is 8.26. The first-order chi connectivity index (χ1) is 16.0. The highest BCUT2D eigenvalue weighted by molar-refractivity contribution is 6.31. The average Bonchev–Trinajstić information content (AvgIpc) is 3.37. The summed E-state index contributed by atoms with van der Waals surface area (Å²) in [4.78, 5) is 25.9. The number of amides is 2. The number of rotatable bonds is 5. The Balaban J connectivity index is 1.44. The molecular formula is C25H16Cl2N2O4. The van der Waals surface area contributed by atoms with Gasteiger partial charge in [-0.05, 0) is 54.6 Å². The summed E-state index contributed by atoms with van der Waals surface area (Å²) >= 11 is 12.0. The van der Waals surface area contributed by atoms with Gasteiger partial charge in [-0.25, -0.2) is 0 Å². The van der Waals surface area contributed by atoms with E-state index in [0.29, 0.717) is 43.5 Å². The Kier molecular flexibility index (Phi) is 5.54. The minimum atomic E-state index is -0.496. The third-order valence-electron chi connectivity index (χ3n) is 5.13. The molecule has 5 rings (SSSR count). The van der Waals surface area contributed by atoms with Crippen molar-refractivity contribution in [3.05, 3.63) is 94.4 Å². The van der Waals surface area contributed by atoms with Crippen molar-refractivity contribution in [3.8, 4) is 0 Å². The molecule has 0 fully saturated rings. The SMILES string of the molecule is O=C(Cc1coc2ccc(Cl)cc12)Nc1c(C(=O)Nc2ccc(Cl)cc2)oc2ccccc12. The monoisotopic (exact) mass is 478 g/mol. The second kappa shape index (κ2) is 8.65. The first-order valence-corrected chi connectivity index (χ1v) is 10.8. The number of fused-ring (bicyclic) bond motifs is 2. The normalized spacial score (nSPS) is 11.1. The summed E-state index contributed by atoms with van der Waals surface area (Å²) in [5.74, 6) is -0.825. The quantitative estimate of drug-likeness (QED) is 0.287. The highest BCUT2D eigenvalue weighted by Gasteiger charge is 2.23.